The van der Waals surface area contributed by atoms with Gasteiger partial charge in [0.1, 0.15) is 4.90 Å². The molecule has 0 radical (unpaired) electrons. The lowest BCUT2D eigenvalue weighted by atomic mass is 10.4. The van der Waals surface area contributed by atoms with Crippen LogP contribution in [0.2, 0.25) is 5.02 Å². The Balaban J connectivity index is 2.34. The van der Waals surface area contributed by atoms with Gasteiger partial charge in [-0.25, -0.2) is 8.42 Å². The van der Waals surface area contributed by atoms with Gasteiger partial charge in [0, 0.05) is 31.4 Å². The maximum atomic E-state index is 12.4. The second-order valence-electron chi connectivity index (χ2n) is 4.06. The van der Waals surface area contributed by atoms with Gasteiger partial charge in [0.05, 0.1) is 11.1 Å². The maximum absolute atomic E-state index is 12.4. The highest BCUT2D eigenvalue weighted by molar-refractivity contribution is 7.89. The van der Waals surface area contributed by atoms with Crippen molar-refractivity contribution in [3.63, 3.8) is 0 Å². The van der Waals surface area contributed by atoms with Crippen LogP contribution in [0.15, 0.2) is 23.4 Å². The zero-order valence-electron chi connectivity index (χ0n) is 9.58. The van der Waals surface area contributed by atoms with Crippen LogP contribution in [0.25, 0.3) is 0 Å². The molecule has 1 aliphatic carbocycles. The summed E-state index contributed by atoms with van der Waals surface area (Å²) in [6.45, 7) is 0.203. The predicted molar refractivity (Wildman–Crippen MR) is 66.4 cm³/mol. The van der Waals surface area contributed by atoms with Crippen molar-refractivity contribution < 1.29 is 8.42 Å². The number of hydrogen-bond acceptors (Lipinski definition) is 4. The van der Waals surface area contributed by atoms with Crippen LogP contribution in [0.3, 0.4) is 0 Å². The summed E-state index contributed by atoms with van der Waals surface area (Å²) in [6, 6.07) is 3.41. The van der Waals surface area contributed by atoms with Crippen LogP contribution >= 0.6 is 11.6 Å². The molecule has 0 amide bonds. The molecule has 0 bridgehead atoms. The summed E-state index contributed by atoms with van der Waals surface area (Å²) in [5, 5.41) is 8.76. The van der Waals surface area contributed by atoms with E-state index < -0.39 is 10.0 Å². The fourth-order valence-corrected chi connectivity index (χ4v) is 3.79. The summed E-state index contributed by atoms with van der Waals surface area (Å²) >= 11 is 5.90. The molecule has 1 aromatic heterocycles. The molecule has 1 heterocycles. The molecular weight excluding hydrogens is 274 g/mol. The highest BCUT2D eigenvalue weighted by Crippen LogP contribution is 2.33. The summed E-state index contributed by atoms with van der Waals surface area (Å²) in [6.07, 6.45) is 4.54. The largest absolute Gasteiger partial charge is 0.263 e. The number of rotatable bonds is 5. The number of halogens is 1. The van der Waals surface area contributed by atoms with Crippen LogP contribution in [0.1, 0.15) is 19.3 Å². The smallest absolute Gasteiger partial charge is 0.246 e. The third-order valence-electron chi connectivity index (χ3n) is 2.72. The Hall–Kier alpha value is -1.16. The molecule has 1 aromatic rings. The first-order chi connectivity index (χ1) is 8.57. The van der Waals surface area contributed by atoms with Crippen molar-refractivity contribution in [1.82, 2.24) is 9.29 Å². The summed E-state index contributed by atoms with van der Waals surface area (Å²) < 4.78 is 26.2. The summed E-state index contributed by atoms with van der Waals surface area (Å²) in [4.78, 5) is 3.81. The Morgan fingerprint density at radius 3 is 2.83 bits per heavy atom. The SMILES string of the molecule is N#CCCN(C1CC1)S(=O)(=O)c1cnccc1Cl. The van der Waals surface area contributed by atoms with Crippen LogP contribution in [-0.4, -0.2) is 30.3 Å². The Morgan fingerprint density at radius 1 is 1.56 bits per heavy atom. The molecule has 1 saturated carbocycles. The van der Waals surface area contributed by atoms with E-state index in [1.807, 2.05) is 6.07 Å². The summed E-state index contributed by atoms with van der Waals surface area (Å²) in [5.41, 5.74) is 0. The Kier molecular flexibility index (Phi) is 3.85. The van der Waals surface area contributed by atoms with Gasteiger partial charge < -0.3 is 0 Å². The first-order valence-corrected chi connectivity index (χ1v) is 7.37. The second-order valence-corrected chi connectivity index (χ2v) is 6.33. The zero-order valence-corrected chi connectivity index (χ0v) is 11.2. The lowest BCUT2D eigenvalue weighted by molar-refractivity contribution is 0.410. The molecule has 96 valence electrons. The van der Waals surface area contributed by atoms with Crippen LogP contribution in [0.4, 0.5) is 0 Å². The van der Waals surface area contributed by atoms with Gasteiger partial charge in [0.25, 0.3) is 0 Å². The van der Waals surface area contributed by atoms with Crippen molar-refractivity contribution in [2.24, 2.45) is 0 Å². The quantitative estimate of drug-likeness (QED) is 0.827. The molecule has 1 fully saturated rings. The van der Waals surface area contributed by atoms with Crippen LogP contribution < -0.4 is 0 Å². The number of nitriles is 1. The minimum atomic E-state index is -3.65. The lowest BCUT2D eigenvalue weighted by Gasteiger charge is -2.20. The molecule has 18 heavy (non-hydrogen) atoms. The molecular formula is C11H12ClN3O2S. The zero-order chi connectivity index (χ0) is 13.2. The first kappa shape index (κ1) is 13.3. The molecule has 2 rings (SSSR count). The normalized spacial score (nSPS) is 15.6. The van der Waals surface area contributed by atoms with E-state index in [9.17, 15) is 8.42 Å². The molecule has 0 atom stereocenters. The van der Waals surface area contributed by atoms with Crippen molar-refractivity contribution in [1.29, 1.82) is 5.26 Å². The number of sulfonamides is 1. The Morgan fingerprint density at radius 2 is 2.28 bits per heavy atom. The van der Waals surface area contributed by atoms with Gasteiger partial charge in [-0.1, -0.05) is 11.6 Å². The van der Waals surface area contributed by atoms with Crippen molar-refractivity contribution in [3.8, 4) is 6.07 Å². The number of aromatic nitrogens is 1. The van der Waals surface area contributed by atoms with Crippen LogP contribution in [0.5, 0.6) is 0 Å². The summed E-state index contributed by atoms with van der Waals surface area (Å²) in [5.74, 6) is 0. The minimum Gasteiger partial charge on any atom is -0.263 e. The molecule has 7 heteroatoms. The molecule has 5 nitrogen and oxygen atoms in total. The lowest BCUT2D eigenvalue weighted by Crippen LogP contribution is -2.34. The molecule has 1 aliphatic rings. The van der Waals surface area contributed by atoms with Crippen molar-refractivity contribution in [3.05, 3.63) is 23.5 Å². The van der Waals surface area contributed by atoms with Gasteiger partial charge in [0.15, 0.2) is 0 Å². The van der Waals surface area contributed by atoms with E-state index in [1.165, 1.54) is 22.8 Å². The molecule has 0 saturated heterocycles. The Labute approximate surface area is 111 Å². The van der Waals surface area contributed by atoms with Crippen molar-refractivity contribution in [2.75, 3.05) is 6.54 Å². The van der Waals surface area contributed by atoms with Crippen LogP contribution in [-0.2, 0) is 10.0 Å². The predicted octanol–water partition coefficient (Wildman–Crippen LogP) is 1.80. The fraction of sp³-hybridized carbons (Fsp3) is 0.455. The fourth-order valence-electron chi connectivity index (χ4n) is 1.70. The van der Waals surface area contributed by atoms with Gasteiger partial charge in [0.2, 0.25) is 10.0 Å². The second kappa shape index (κ2) is 5.22. The maximum Gasteiger partial charge on any atom is 0.246 e. The third kappa shape index (κ3) is 2.64. The van der Waals surface area contributed by atoms with E-state index in [2.05, 4.69) is 4.98 Å². The molecule has 0 unspecified atom stereocenters. The highest BCUT2D eigenvalue weighted by Gasteiger charge is 2.38. The molecule has 0 aliphatic heterocycles. The standard InChI is InChI=1S/C11H12ClN3O2S/c12-10-4-6-14-8-11(10)18(16,17)15(7-1-5-13)9-2-3-9/h4,6,8-9H,1-3,7H2. The van der Waals surface area contributed by atoms with Gasteiger partial charge >= 0.3 is 0 Å². The summed E-state index contributed by atoms with van der Waals surface area (Å²) in [7, 11) is -3.65. The third-order valence-corrected chi connectivity index (χ3v) is 5.14. The molecule has 0 spiro atoms. The average molecular weight is 286 g/mol. The van der Waals surface area contributed by atoms with Gasteiger partial charge in [-0.2, -0.15) is 9.57 Å². The topological polar surface area (TPSA) is 74.1 Å². The molecule has 0 N–H and O–H groups in total. The van der Waals surface area contributed by atoms with Gasteiger partial charge in [-0.3, -0.25) is 4.98 Å². The first-order valence-electron chi connectivity index (χ1n) is 5.55. The minimum absolute atomic E-state index is 0.000349. The van der Waals surface area contributed by atoms with Crippen LogP contribution in [0, 0.1) is 11.3 Å². The van der Waals surface area contributed by atoms with E-state index in [1.54, 1.807) is 0 Å². The highest BCUT2D eigenvalue weighted by atomic mass is 35.5. The number of hydrogen-bond donors (Lipinski definition) is 0. The van der Waals surface area contributed by atoms with E-state index >= 15 is 0 Å². The van der Waals surface area contributed by atoms with Gasteiger partial charge in [-0.15, -0.1) is 0 Å². The van der Waals surface area contributed by atoms with E-state index in [-0.39, 0.29) is 28.9 Å². The van der Waals surface area contributed by atoms with E-state index in [0.717, 1.165) is 12.8 Å². The monoisotopic (exact) mass is 285 g/mol. The average Bonchev–Trinajstić information content (AvgIpc) is 3.14. The number of nitrogens with zero attached hydrogens (tertiary/aromatic N) is 3. The van der Waals surface area contributed by atoms with Gasteiger partial charge in [-0.05, 0) is 18.9 Å². The number of pyridine rings is 1. The van der Waals surface area contributed by atoms with Crippen molar-refractivity contribution in [2.45, 2.75) is 30.2 Å². The Bertz CT molecular complexity index is 578. The van der Waals surface area contributed by atoms with E-state index in [0.29, 0.717) is 0 Å². The van der Waals surface area contributed by atoms with E-state index in [4.69, 9.17) is 16.9 Å². The molecule has 0 aromatic carbocycles. The van der Waals surface area contributed by atoms with Crippen molar-refractivity contribution >= 4 is 21.6 Å².